The lowest BCUT2D eigenvalue weighted by atomic mass is 10.0. The molecular formula is C11H17Cl2F3N2S. The van der Waals surface area contributed by atoms with E-state index >= 15 is 0 Å². The lowest BCUT2D eigenvalue weighted by Gasteiger charge is -2.35. The van der Waals surface area contributed by atoms with Gasteiger partial charge in [0, 0.05) is 32.2 Å². The molecule has 0 aromatic carbocycles. The Balaban J connectivity index is 0.00000162. The topological polar surface area (TPSA) is 15.3 Å². The number of nitrogens with one attached hydrogen (secondary N) is 1. The van der Waals surface area contributed by atoms with E-state index in [1.807, 2.05) is 15.7 Å². The molecule has 1 aromatic heterocycles. The summed E-state index contributed by atoms with van der Waals surface area (Å²) < 4.78 is 37.8. The summed E-state index contributed by atoms with van der Waals surface area (Å²) in [6.07, 6.45) is -4.87. The van der Waals surface area contributed by atoms with Crippen molar-refractivity contribution in [2.45, 2.75) is 18.6 Å². The van der Waals surface area contributed by atoms with E-state index in [-0.39, 0.29) is 24.8 Å². The SMILES string of the molecule is Cl.Cl.FC(F)(F)C[C@H](c1ccsc1)N1CCNCC1. The highest BCUT2D eigenvalue weighted by molar-refractivity contribution is 7.07. The van der Waals surface area contributed by atoms with Gasteiger partial charge in [-0.1, -0.05) is 0 Å². The Morgan fingerprint density at radius 1 is 1.26 bits per heavy atom. The average molecular weight is 337 g/mol. The Morgan fingerprint density at radius 2 is 1.89 bits per heavy atom. The molecule has 2 nitrogen and oxygen atoms in total. The second-order valence-electron chi connectivity index (χ2n) is 4.18. The first-order valence-electron chi connectivity index (χ1n) is 5.60. The van der Waals surface area contributed by atoms with Crippen LogP contribution in [0, 0.1) is 0 Å². The van der Waals surface area contributed by atoms with Crippen LogP contribution in [0.4, 0.5) is 13.2 Å². The van der Waals surface area contributed by atoms with Crippen LogP contribution in [0.2, 0.25) is 0 Å². The number of hydrogen-bond acceptors (Lipinski definition) is 3. The molecular weight excluding hydrogens is 320 g/mol. The van der Waals surface area contributed by atoms with E-state index in [1.165, 1.54) is 11.3 Å². The van der Waals surface area contributed by atoms with Crippen molar-refractivity contribution in [3.8, 4) is 0 Å². The fourth-order valence-corrected chi connectivity index (χ4v) is 2.84. The van der Waals surface area contributed by atoms with Crippen LogP contribution in [0.3, 0.4) is 0 Å². The molecule has 2 heterocycles. The van der Waals surface area contributed by atoms with Crippen molar-refractivity contribution in [1.29, 1.82) is 0 Å². The molecule has 1 aliphatic heterocycles. The highest BCUT2D eigenvalue weighted by Gasteiger charge is 2.35. The zero-order valence-electron chi connectivity index (χ0n) is 10.2. The molecule has 1 fully saturated rings. The second kappa shape index (κ2) is 8.32. The monoisotopic (exact) mass is 336 g/mol. The molecule has 2 rings (SSSR count). The molecule has 0 bridgehead atoms. The van der Waals surface area contributed by atoms with Gasteiger partial charge in [-0.2, -0.15) is 24.5 Å². The second-order valence-corrected chi connectivity index (χ2v) is 4.96. The van der Waals surface area contributed by atoms with Gasteiger partial charge in [-0.25, -0.2) is 0 Å². The van der Waals surface area contributed by atoms with Gasteiger partial charge in [0.15, 0.2) is 0 Å². The molecule has 0 unspecified atom stereocenters. The molecule has 0 aliphatic carbocycles. The number of rotatable bonds is 3. The third-order valence-electron chi connectivity index (χ3n) is 2.95. The smallest absolute Gasteiger partial charge is 0.314 e. The molecule has 1 aliphatic rings. The first-order chi connectivity index (χ1) is 8.06. The first-order valence-corrected chi connectivity index (χ1v) is 6.54. The van der Waals surface area contributed by atoms with Crippen molar-refractivity contribution in [3.05, 3.63) is 22.4 Å². The molecule has 1 saturated heterocycles. The maximum atomic E-state index is 12.6. The fourth-order valence-electron chi connectivity index (χ4n) is 2.14. The highest BCUT2D eigenvalue weighted by Crippen LogP contribution is 2.34. The highest BCUT2D eigenvalue weighted by atomic mass is 35.5. The van der Waals surface area contributed by atoms with Gasteiger partial charge in [0.25, 0.3) is 0 Å². The minimum Gasteiger partial charge on any atom is -0.314 e. The van der Waals surface area contributed by atoms with Crippen LogP contribution in [-0.4, -0.2) is 37.3 Å². The summed E-state index contributed by atoms with van der Waals surface area (Å²) in [7, 11) is 0. The molecule has 19 heavy (non-hydrogen) atoms. The molecule has 1 atom stereocenters. The predicted molar refractivity (Wildman–Crippen MR) is 76.7 cm³/mol. The Kier molecular flexibility index (Phi) is 8.31. The molecule has 112 valence electrons. The van der Waals surface area contributed by atoms with Crippen LogP contribution in [0.25, 0.3) is 0 Å². The normalized spacial score (nSPS) is 18.3. The minimum absolute atomic E-state index is 0. The number of piperazine rings is 1. The van der Waals surface area contributed by atoms with Crippen LogP contribution >= 0.6 is 36.2 Å². The third kappa shape index (κ3) is 5.87. The largest absolute Gasteiger partial charge is 0.390 e. The van der Waals surface area contributed by atoms with Crippen molar-refractivity contribution in [3.63, 3.8) is 0 Å². The zero-order valence-corrected chi connectivity index (χ0v) is 12.6. The summed E-state index contributed by atoms with van der Waals surface area (Å²) in [5.41, 5.74) is 0.786. The lowest BCUT2D eigenvalue weighted by molar-refractivity contribution is -0.148. The van der Waals surface area contributed by atoms with Crippen molar-refractivity contribution in [1.82, 2.24) is 10.2 Å². The van der Waals surface area contributed by atoms with Gasteiger partial charge in [-0.05, 0) is 22.4 Å². The summed E-state index contributed by atoms with van der Waals surface area (Å²) in [6, 6.07) is 1.27. The first kappa shape index (κ1) is 19.0. The van der Waals surface area contributed by atoms with Crippen LogP contribution in [0.5, 0.6) is 0 Å². The number of nitrogens with zero attached hydrogens (tertiary/aromatic N) is 1. The summed E-state index contributed by atoms with van der Waals surface area (Å²) in [4.78, 5) is 1.92. The zero-order chi connectivity index (χ0) is 12.3. The van der Waals surface area contributed by atoms with E-state index in [0.717, 1.165) is 18.7 Å². The van der Waals surface area contributed by atoms with E-state index in [0.29, 0.717) is 13.1 Å². The van der Waals surface area contributed by atoms with Crippen molar-refractivity contribution in [2.75, 3.05) is 26.2 Å². The summed E-state index contributed by atoms with van der Waals surface area (Å²) in [5.74, 6) is 0. The fraction of sp³-hybridized carbons (Fsp3) is 0.636. The predicted octanol–water partition coefficient (Wildman–Crippen LogP) is 3.49. The standard InChI is InChI=1S/C11H15F3N2S.2ClH/c12-11(13,14)7-10(9-1-6-17-8-9)16-4-2-15-3-5-16;;/h1,6,8,10,15H,2-5,7H2;2*1H/t10-;;/m1../s1. The third-order valence-corrected chi connectivity index (χ3v) is 3.65. The maximum Gasteiger partial charge on any atom is 0.390 e. The van der Waals surface area contributed by atoms with Crippen molar-refractivity contribution in [2.24, 2.45) is 0 Å². The number of halogens is 5. The van der Waals surface area contributed by atoms with Crippen LogP contribution in [-0.2, 0) is 0 Å². The van der Waals surface area contributed by atoms with Gasteiger partial charge in [0.05, 0.1) is 6.42 Å². The van der Waals surface area contributed by atoms with Crippen LogP contribution in [0.1, 0.15) is 18.0 Å². The molecule has 1 N–H and O–H groups in total. The van der Waals surface area contributed by atoms with E-state index in [2.05, 4.69) is 5.32 Å². The number of alkyl halides is 3. The summed E-state index contributed by atoms with van der Waals surface area (Å²) in [5, 5.41) is 6.81. The van der Waals surface area contributed by atoms with E-state index < -0.39 is 18.6 Å². The molecule has 0 amide bonds. The van der Waals surface area contributed by atoms with Gasteiger partial charge in [-0.3, -0.25) is 4.90 Å². The quantitative estimate of drug-likeness (QED) is 0.908. The maximum absolute atomic E-state index is 12.6. The Morgan fingerprint density at radius 3 is 2.37 bits per heavy atom. The number of thiophene rings is 1. The van der Waals surface area contributed by atoms with Gasteiger partial charge in [-0.15, -0.1) is 24.8 Å². The molecule has 0 radical (unpaired) electrons. The van der Waals surface area contributed by atoms with Crippen molar-refractivity contribution < 1.29 is 13.2 Å². The van der Waals surface area contributed by atoms with E-state index in [1.54, 1.807) is 6.07 Å². The van der Waals surface area contributed by atoms with Crippen molar-refractivity contribution >= 4 is 36.2 Å². The summed E-state index contributed by atoms with van der Waals surface area (Å²) in [6.45, 7) is 2.88. The Labute approximate surface area is 127 Å². The van der Waals surface area contributed by atoms with Gasteiger partial charge in [0.2, 0.25) is 0 Å². The molecule has 8 heteroatoms. The van der Waals surface area contributed by atoms with Gasteiger partial charge < -0.3 is 5.32 Å². The molecule has 0 saturated carbocycles. The summed E-state index contributed by atoms with van der Waals surface area (Å²) >= 11 is 1.45. The molecule has 0 spiro atoms. The molecule has 1 aromatic rings. The number of hydrogen-bond donors (Lipinski definition) is 1. The van der Waals surface area contributed by atoms with Gasteiger partial charge in [0.1, 0.15) is 0 Å². The average Bonchev–Trinajstić information content (AvgIpc) is 2.79. The van der Waals surface area contributed by atoms with Crippen LogP contribution < -0.4 is 5.32 Å². The van der Waals surface area contributed by atoms with E-state index in [4.69, 9.17) is 0 Å². The Hall–Kier alpha value is -0.0100. The van der Waals surface area contributed by atoms with Gasteiger partial charge >= 0.3 is 6.18 Å². The van der Waals surface area contributed by atoms with E-state index in [9.17, 15) is 13.2 Å². The van der Waals surface area contributed by atoms with Crippen LogP contribution in [0.15, 0.2) is 16.8 Å². The lowest BCUT2D eigenvalue weighted by Crippen LogP contribution is -2.46. The Bertz CT molecular complexity index is 340. The minimum atomic E-state index is -4.11.